The molecule has 0 aliphatic carbocycles. The second-order valence-corrected chi connectivity index (χ2v) is 7.07. The number of nitrogens with one attached hydrogen (secondary N) is 1. The van der Waals surface area contributed by atoms with Gasteiger partial charge >= 0.3 is 5.97 Å². The molecule has 104 valence electrons. The van der Waals surface area contributed by atoms with Crippen LogP contribution >= 0.6 is 0 Å². The van der Waals surface area contributed by atoms with E-state index in [0.29, 0.717) is 0 Å². The highest BCUT2D eigenvalue weighted by molar-refractivity contribution is 7.92. The second-order valence-electron chi connectivity index (χ2n) is 4.67. The maximum Gasteiger partial charge on any atom is 0.323 e. The molecule has 1 heterocycles. The normalized spacial score (nSPS) is 29.7. The fraction of sp³-hybridized carbons (Fsp3) is 0.462. The first-order chi connectivity index (χ1) is 8.95. The van der Waals surface area contributed by atoms with E-state index in [1.807, 2.05) is 30.3 Å². The Morgan fingerprint density at radius 2 is 1.95 bits per heavy atom. The number of carbonyl (C=O) groups is 1. The number of rotatable bonds is 2. The molecule has 2 rings (SSSR count). The zero-order valence-electron chi connectivity index (χ0n) is 10.9. The highest BCUT2D eigenvalue weighted by Gasteiger charge is 2.41. The average molecular weight is 283 g/mol. The third kappa shape index (κ3) is 2.79. The smallest absolute Gasteiger partial charge is 0.323 e. The molecule has 1 aliphatic heterocycles. The van der Waals surface area contributed by atoms with E-state index in [2.05, 4.69) is 10.1 Å². The van der Waals surface area contributed by atoms with Crippen molar-refractivity contribution in [2.45, 2.75) is 24.3 Å². The molecule has 1 aliphatic rings. The number of ether oxygens (including phenoxy) is 1. The third-order valence-electron chi connectivity index (χ3n) is 3.46. The predicted octanol–water partition coefficient (Wildman–Crippen LogP) is 0.676. The van der Waals surface area contributed by atoms with Crippen LogP contribution in [-0.2, 0) is 19.4 Å². The van der Waals surface area contributed by atoms with Crippen LogP contribution in [0.5, 0.6) is 0 Å². The summed E-state index contributed by atoms with van der Waals surface area (Å²) in [5.41, 5.74) is 0.854. The van der Waals surface area contributed by atoms with E-state index < -0.39 is 33.1 Å². The van der Waals surface area contributed by atoms with Gasteiger partial charge in [-0.2, -0.15) is 0 Å². The van der Waals surface area contributed by atoms with Crippen LogP contribution in [0, 0.1) is 0 Å². The topological polar surface area (TPSA) is 72.5 Å². The van der Waals surface area contributed by atoms with Crippen LogP contribution in [-0.4, -0.2) is 38.5 Å². The number of benzene rings is 1. The molecule has 1 N–H and O–H groups in total. The van der Waals surface area contributed by atoms with E-state index >= 15 is 0 Å². The SMILES string of the molecule is COC(=O)C1CS(=O)(=O)C(C)C(c2ccccc2)N1. The molecular formula is C13H17NO4S. The molecule has 0 spiro atoms. The first-order valence-corrected chi connectivity index (χ1v) is 7.77. The molecule has 0 bridgehead atoms. The number of sulfone groups is 1. The number of esters is 1. The van der Waals surface area contributed by atoms with Crippen molar-refractivity contribution < 1.29 is 17.9 Å². The van der Waals surface area contributed by atoms with Crippen LogP contribution in [0.2, 0.25) is 0 Å². The monoisotopic (exact) mass is 283 g/mol. The maximum absolute atomic E-state index is 12.1. The molecule has 0 amide bonds. The molecular weight excluding hydrogens is 266 g/mol. The van der Waals surface area contributed by atoms with Crippen LogP contribution in [0.4, 0.5) is 0 Å². The Balaban J connectivity index is 2.34. The van der Waals surface area contributed by atoms with Crippen molar-refractivity contribution in [3.8, 4) is 0 Å². The number of carbonyl (C=O) groups excluding carboxylic acids is 1. The first-order valence-electron chi connectivity index (χ1n) is 6.06. The third-order valence-corrected chi connectivity index (χ3v) is 5.66. The van der Waals surface area contributed by atoms with Crippen molar-refractivity contribution in [2.24, 2.45) is 0 Å². The summed E-state index contributed by atoms with van der Waals surface area (Å²) in [6.07, 6.45) is 0. The molecule has 5 nitrogen and oxygen atoms in total. The number of hydrogen-bond donors (Lipinski definition) is 1. The van der Waals surface area contributed by atoms with Crippen molar-refractivity contribution in [2.75, 3.05) is 12.9 Å². The van der Waals surface area contributed by atoms with Crippen LogP contribution in [0.1, 0.15) is 18.5 Å². The summed E-state index contributed by atoms with van der Waals surface area (Å²) in [4.78, 5) is 11.6. The van der Waals surface area contributed by atoms with E-state index in [4.69, 9.17) is 0 Å². The van der Waals surface area contributed by atoms with Gasteiger partial charge in [0.15, 0.2) is 9.84 Å². The van der Waals surface area contributed by atoms with Gasteiger partial charge in [0, 0.05) is 6.04 Å². The lowest BCUT2D eigenvalue weighted by Gasteiger charge is -2.34. The predicted molar refractivity (Wildman–Crippen MR) is 71.4 cm³/mol. The van der Waals surface area contributed by atoms with E-state index in [1.165, 1.54) is 7.11 Å². The molecule has 0 saturated carbocycles. The zero-order chi connectivity index (χ0) is 14.0. The van der Waals surface area contributed by atoms with E-state index in [1.54, 1.807) is 6.92 Å². The summed E-state index contributed by atoms with van der Waals surface area (Å²) in [6.45, 7) is 1.66. The van der Waals surface area contributed by atoms with Gasteiger partial charge < -0.3 is 4.74 Å². The lowest BCUT2D eigenvalue weighted by atomic mass is 10.0. The Morgan fingerprint density at radius 1 is 1.32 bits per heavy atom. The molecule has 0 aromatic heterocycles. The number of methoxy groups -OCH3 is 1. The van der Waals surface area contributed by atoms with Gasteiger partial charge in [0.2, 0.25) is 0 Å². The summed E-state index contributed by atoms with van der Waals surface area (Å²) >= 11 is 0. The van der Waals surface area contributed by atoms with Gasteiger partial charge in [0.05, 0.1) is 18.1 Å². The van der Waals surface area contributed by atoms with E-state index in [-0.39, 0.29) is 5.75 Å². The minimum absolute atomic E-state index is 0.218. The van der Waals surface area contributed by atoms with Crippen molar-refractivity contribution in [3.63, 3.8) is 0 Å². The molecule has 3 atom stereocenters. The standard InChI is InChI=1S/C13H17NO4S/c1-9-12(10-6-4-3-5-7-10)14-11(13(15)18-2)8-19(9,16)17/h3-7,9,11-12,14H,8H2,1-2H3. The Bertz CT molecular complexity index is 555. The summed E-state index contributed by atoms with van der Waals surface area (Å²) < 4.78 is 28.9. The van der Waals surface area contributed by atoms with Gasteiger partial charge in [-0.05, 0) is 12.5 Å². The van der Waals surface area contributed by atoms with Gasteiger partial charge in [0.25, 0.3) is 0 Å². The lowest BCUT2D eigenvalue weighted by Crippen LogP contribution is -2.55. The first kappa shape index (κ1) is 14.0. The summed E-state index contributed by atoms with van der Waals surface area (Å²) in [5.74, 6) is -0.763. The number of hydrogen-bond acceptors (Lipinski definition) is 5. The molecule has 1 saturated heterocycles. The summed E-state index contributed by atoms with van der Waals surface area (Å²) in [6, 6.07) is 8.05. The van der Waals surface area contributed by atoms with Crippen molar-refractivity contribution in [3.05, 3.63) is 35.9 Å². The second kappa shape index (κ2) is 5.30. The zero-order valence-corrected chi connectivity index (χ0v) is 11.7. The van der Waals surface area contributed by atoms with Gasteiger partial charge in [0.1, 0.15) is 6.04 Å². The maximum atomic E-state index is 12.1. The quantitative estimate of drug-likeness (QED) is 0.808. The Labute approximate surface area is 112 Å². The van der Waals surface area contributed by atoms with E-state index in [9.17, 15) is 13.2 Å². The highest BCUT2D eigenvalue weighted by Crippen LogP contribution is 2.27. The average Bonchev–Trinajstić information content (AvgIpc) is 2.41. The molecule has 19 heavy (non-hydrogen) atoms. The summed E-state index contributed by atoms with van der Waals surface area (Å²) in [5, 5.41) is 2.50. The van der Waals surface area contributed by atoms with Crippen molar-refractivity contribution in [1.29, 1.82) is 0 Å². The Hall–Kier alpha value is -1.40. The molecule has 6 heteroatoms. The Kier molecular flexibility index (Phi) is 3.91. The summed E-state index contributed by atoms with van der Waals surface area (Å²) in [7, 11) is -2.07. The van der Waals surface area contributed by atoms with Crippen LogP contribution in [0.25, 0.3) is 0 Å². The van der Waals surface area contributed by atoms with Gasteiger partial charge in [-0.15, -0.1) is 0 Å². The molecule has 1 aromatic rings. The minimum atomic E-state index is -3.33. The molecule has 0 radical (unpaired) electrons. The van der Waals surface area contributed by atoms with Crippen LogP contribution in [0.15, 0.2) is 30.3 Å². The lowest BCUT2D eigenvalue weighted by molar-refractivity contribution is -0.142. The van der Waals surface area contributed by atoms with Crippen molar-refractivity contribution in [1.82, 2.24) is 5.32 Å². The highest BCUT2D eigenvalue weighted by atomic mass is 32.2. The fourth-order valence-corrected chi connectivity index (χ4v) is 3.95. The molecule has 1 fully saturated rings. The van der Waals surface area contributed by atoms with Crippen LogP contribution < -0.4 is 5.32 Å². The van der Waals surface area contributed by atoms with Crippen molar-refractivity contribution >= 4 is 15.8 Å². The van der Waals surface area contributed by atoms with Gasteiger partial charge in [-0.3, -0.25) is 10.1 Å². The van der Waals surface area contributed by atoms with E-state index in [0.717, 1.165) is 5.56 Å². The Morgan fingerprint density at radius 3 is 2.53 bits per heavy atom. The van der Waals surface area contributed by atoms with Crippen LogP contribution in [0.3, 0.4) is 0 Å². The van der Waals surface area contributed by atoms with Gasteiger partial charge in [-0.25, -0.2) is 8.42 Å². The minimum Gasteiger partial charge on any atom is -0.468 e. The molecule has 3 unspecified atom stereocenters. The largest absolute Gasteiger partial charge is 0.468 e. The van der Waals surface area contributed by atoms with Gasteiger partial charge in [-0.1, -0.05) is 30.3 Å². The molecule has 1 aromatic carbocycles. The fourth-order valence-electron chi connectivity index (χ4n) is 2.30.